The predicted molar refractivity (Wildman–Crippen MR) is 141 cm³/mol. The molecule has 0 radical (unpaired) electrons. The number of aromatic nitrogens is 4. The fourth-order valence-electron chi connectivity index (χ4n) is 6.02. The molecule has 2 fully saturated rings. The molecule has 1 aliphatic carbocycles. The maximum Gasteiger partial charge on any atom is 0.418 e. The number of pyridine rings is 1. The smallest absolute Gasteiger partial charge is 0.376 e. The van der Waals surface area contributed by atoms with Crippen molar-refractivity contribution in [3.8, 4) is 5.69 Å². The molecule has 3 aromatic heterocycles. The zero-order valence-corrected chi connectivity index (χ0v) is 22.0. The summed E-state index contributed by atoms with van der Waals surface area (Å²) in [4.78, 5) is 15.6. The first-order chi connectivity index (χ1) is 18.7. The number of hydrogen-bond acceptors (Lipinski definition) is 4. The SMILES string of the molecule is Cc1cn[nH]c1[C@H](c1cccc(-n2cc3c(C(F)(F)F)cc(CN4CCO[C@H](C)C4)cn3c2=O)c1)C1CCC1. The van der Waals surface area contributed by atoms with Crippen LogP contribution in [0.1, 0.15) is 60.1 Å². The van der Waals surface area contributed by atoms with Gasteiger partial charge in [0.05, 0.1) is 35.7 Å². The third-order valence-corrected chi connectivity index (χ3v) is 8.17. The largest absolute Gasteiger partial charge is 0.418 e. The molecule has 4 heterocycles. The minimum atomic E-state index is -4.60. The lowest BCUT2D eigenvalue weighted by Gasteiger charge is -2.34. The lowest BCUT2D eigenvalue weighted by molar-refractivity contribution is -0.136. The summed E-state index contributed by atoms with van der Waals surface area (Å²) >= 11 is 0. The zero-order chi connectivity index (χ0) is 27.3. The number of benzene rings is 1. The first kappa shape index (κ1) is 25.9. The van der Waals surface area contributed by atoms with Crippen LogP contribution >= 0.6 is 0 Å². The number of imidazole rings is 1. The summed E-state index contributed by atoms with van der Waals surface area (Å²) in [5, 5.41) is 7.37. The topological polar surface area (TPSA) is 67.6 Å². The van der Waals surface area contributed by atoms with Crippen LogP contribution in [0, 0.1) is 12.8 Å². The van der Waals surface area contributed by atoms with Crippen LogP contribution in [0.25, 0.3) is 11.2 Å². The lowest BCUT2D eigenvalue weighted by atomic mass is 9.71. The van der Waals surface area contributed by atoms with Crippen molar-refractivity contribution in [2.75, 3.05) is 19.7 Å². The second-order valence-corrected chi connectivity index (χ2v) is 10.9. The van der Waals surface area contributed by atoms with Gasteiger partial charge < -0.3 is 4.74 Å². The molecule has 4 aromatic rings. The fraction of sp³-hybridized carbons (Fsp3) is 0.448. The Morgan fingerprint density at radius 3 is 2.69 bits per heavy atom. The number of aryl methyl sites for hydroxylation is 1. The number of fused-ring (bicyclic) bond motifs is 1. The normalized spacial score (nSPS) is 19.9. The van der Waals surface area contributed by atoms with Crippen molar-refractivity contribution in [1.29, 1.82) is 0 Å². The molecular weight excluding hydrogens is 507 g/mol. The number of aromatic amines is 1. The first-order valence-electron chi connectivity index (χ1n) is 13.5. The van der Waals surface area contributed by atoms with Gasteiger partial charge in [0.2, 0.25) is 0 Å². The highest BCUT2D eigenvalue weighted by Crippen LogP contribution is 2.44. The number of H-pyrrole nitrogens is 1. The summed E-state index contributed by atoms with van der Waals surface area (Å²) in [5.41, 5.74) is 2.63. The molecule has 39 heavy (non-hydrogen) atoms. The van der Waals surface area contributed by atoms with E-state index < -0.39 is 17.4 Å². The van der Waals surface area contributed by atoms with Crippen LogP contribution in [-0.4, -0.2) is 49.9 Å². The van der Waals surface area contributed by atoms with Gasteiger partial charge in [0.1, 0.15) is 0 Å². The molecular formula is C29H32F3N5O2. The zero-order valence-electron chi connectivity index (χ0n) is 22.0. The Bertz CT molecular complexity index is 1550. The summed E-state index contributed by atoms with van der Waals surface area (Å²) < 4.78 is 50.7. The number of halogens is 3. The molecule has 0 amide bonds. The van der Waals surface area contributed by atoms with Crippen LogP contribution in [0.2, 0.25) is 0 Å². The molecule has 1 aromatic carbocycles. The van der Waals surface area contributed by atoms with E-state index in [1.54, 1.807) is 12.3 Å². The number of nitrogens with one attached hydrogen (secondary N) is 1. The van der Waals surface area contributed by atoms with Gasteiger partial charge in [-0.15, -0.1) is 0 Å². The van der Waals surface area contributed by atoms with E-state index in [1.165, 1.54) is 23.3 Å². The van der Waals surface area contributed by atoms with Crippen LogP contribution in [-0.2, 0) is 17.5 Å². The van der Waals surface area contributed by atoms with E-state index in [2.05, 4.69) is 15.1 Å². The maximum absolute atomic E-state index is 14.2. The maximum atomic E-state index is 14.2. The van der Waals surface area contributed by atoms with E-state index in [0.29, 0.717) is 43.4 Å². The molecule has 10 heteroatoms. The van der Waals surface area contributed by atoms with Crippen LogP contribution in [0.5, 0.6) is 0 Å². The average Bonchev–Trinajstić information content (AvgIpc) is 3.43. The molecule has 0 spiro atoms. The highest BCUT2D eigenvalue weighted by Gasteiger charge is 2.35. The van der Waals surface area contributed by atoms with Gasteiger partial charge in [-0.25, -0.2) is 4.79 Å². The number of morpholine rings is 1. The Balaban J connectivity index is 1.42. The molecule has 1 N–H and O–H groups in total. The van der Waals surface area contributed by atoms with Crippen LogP contribution in [0.4, 0.5) is 13.2 Å². The van der Waals surface area contributed by atoms with Gasteiger partial charge in [-0.2, -0.15) is 18.3 Å². The highest BCUT2D eigenvalue weighted by atomic mass is 19.4. The Kier molecular flexibility index (Phi) is 6.63. The van der Waals surface area contributed by atoms with Crippen LogP contribution in [0.15, 0.2) is 53.7 Å². The number of rotatable bonds is 6. The number of nitrogens with zero attached hydrogens (tertiary/aromatic N) is 4. The van der Waals surface area contributed by atoms with E-state index in [9.17, 15) is 18.0 Å². The number of ether oxygens (including phenoxy) is 1. The number of alkyl halides is 3. The van der Waals surface area contributed by atoms with Gasteiger partial charge in [-0.3, -0.25) is 19.0 Å². The van der Waals surface area contributed by atoms with E-state index in [1.807, 2.05) is 38.2 Å². The van der Waals surface area contributed by atoms with E-state index >= 15 is 0 Å². The van der Waals surface area contributed by atoms with Gasteiger partial charge in [0, 0.05) is 43.6 Å². The lowest BCUT2D eigenvalue weighted by Crippen LogP contribution is -2.40. The standard InChI is InChI=1S/C29H32F3N5O2/c1-18-13-33-34-27(18)26(21-5-3-6-21)22-7-4-8-23(12-22)36-17-25-24(29(30,31)32)11-20(16-37(25)28(36)38)15-35-9-10-39-19(2)14-35/h4,7-8,11-13,16-17,19,21,26H,3,5-6,9-10,14-15H2,1-2H3,(H,33,34)/t19-,26+/m1/s1. The Morgan fingerprint density at radius 1 is 1.21 bits per heavy atom. The summed E-state index contributed by atoms with van der Waals surface area (Å²) in [6.45, 7) is 6.06. The van der Waals surface area contributed by atoms with Gasteiger partial charge >= 0.3 is 11.9 Å². The van der Waals surface area contributed by atoms with Gasteiger partial charge in [0.15, 0.2) is 0 Å². The van der Waals surface area contributed by atoms with Crippen molar-refractivity contribution in [1.82, 2.24) is 24.1 Å². The third kappa shape index (κ3) is 4.91. The van der Waals surface area contributed by atoms with Gasteiger partial charge in [-0.05, 0) is 67.5 Å². The summed E-state index contributed by atoms with van der Waals surface area (Å²) in [6.07, 6.45) is 3.44. The van der Waals surface area contributed by atoms with E-state index in [0.717, 1.165) is 34.1 Å². The van der Waals surface area contributed by atoms with Crippen LogP contribution < -0.4 is 5.69 Å². The minimum absolute atomic E-state index is 0.00922. The fourth-order valence-corrected chi connectivity index (χ4v) is 6.02. The average molecular weight is 540 g/mol. The molecule has 1 saturated carbocycles. The summed E-state index contributed by atoms with van der Waals surface area (Å²) in [6, 6.07) is 8.75. The molecule has 0 unspecified atom stereocenters. The monoisotopic (exact) mass is 539 g/mol. The predicted octanol–water partition coefficient (Wildman–Crippen LogP) is 5.29. The van der Waals surface area contributed by atoms with E-state index in [4.69, 9.17) is 4.74 Å². The molecule has 2 aliphatic rings. The van der Waals surface area contributed by atoms with Crippen molar-refractivity contribution >= 4 is 5.52 Å². The highest BCUT2D eigenvalue weighted by molar-refractivity contribution is 5.58. The van der Waals surface area contributed by atoms with Crippen molar-refractivity contribution in [2.45, 2.75) is 57.9 Å². The molecule has 1 aliphatic heterocycles. The van der Waals surface area contributed by atoms with Crippen LogP contribution in [0.3, 0.4) is 0 Å². The summed E-state index contributed by atoms with van der Waals surface area (Å²) in [5.74, 6) is 0.536. The second kappa shape index (κ2) is 9.98. The summed E-state index contributed by atoms with van der Waals surface area (Å²) in [7, 11) is 0. The molecule has 1 saturated heterocycles. The Morgan fingerprint density at radius 2 is 2.03 bits per heavy atom. The molecule has 7 nitrogen and oxygen atoms in total. The molecule has 2 atom stereocenters. The van der Waals surface area contributed by atoms with E-state index in [-0.39, 0.29) is 17.5 Å². The van der Waals surface area contributed by atoms with Gasteiger partial charge in [0.25, 0.3) is 0 Å². The molecule has 0 bridgehead atoms. The number of hydrogen-bond donors (Lipinski definition) is 1. The Labute approximate surface area is 224 Å². The molecule has 6 rings (SSSR count). The third-order valence-electron chi connectivity index (χ3n) is 8.17. The van der Waals surface area contributed by atoms with Crippen molar-refractivity contribution in [2.24, 2.45) is 5.92 Å². The van der Waals surface area contributed by atoms with Crippen molar-refractivity contribution in [3.63, 3.8) is 0 Å². The Hall–Kier alpha value is -3.37. The first-order valence-corrected chi connectivity index (χ1v) is 13.5. The van der Waals surface area contributed by atoms with Crippen molar-refractivity contribution in [3.05, 3.63) is 87.4 Å². The van der Waals surface area contributed by atoms with Crippen molar-refractivity contribution < 1.29 is 17.9 Å². The minimum Gasteiger partial charge on any atom is -0.376 e. The quantitative estimate of drug-likeness (QED) is 0.362. The second-order valence-electron chi connectivity index (χ2n) is 10.9. The molecule has 206 valence electrons. The van der Waals surface area contributed by atoms with Gasteiger partial charge in [-0.1, -0.05) is 18.6 Å².